The van der Waals surface area contributed by atoms with Crippen LogP contribution in [0.2, 0.25) is 0 Å². The van der Waals surface area contributed by atoms with Gasteiger partial charge in [0.1, 0.15) is 11.3 Å². The topological polar surface area (TPSA) is 138 Å². The summed E-state index contributed by atoms with van der Waals surface area (Å²) in [5.41, 5.74) is 13.0. The first-order chi connectivity index (χ1) is 22.1. The van der Waals surface area contributed by atoms with Crippen LogP contribution in [0, 0.1) is 0 Å². The predicted octanol–water partition coefficient (Wildman–Crippen LogP) is 4.27. The maximum atomic E-state index is 12.0. The van der Waals surface area contributed by atoms with Crippen LogP contribution in [-0.4, -0.2) is 68.2 Å². The molecular formula is C33H31N11O. The minimum absolute atomic E-state index is 0.00659. The quantitative estimate of drug-likeness (QED) is 0.281. The van der Waals surface area contributed by atoms with Crippen molar-refractivity contribution in [1.82, 2.24) is 49.2 Å². The number of nitrogens with zero attached hydrogens (tertiary/aromatic N) is 10. The number of aromatic nitrogens is 9. The Morgan fingerprint density at radius 2 is 1.91 bits per heavy atom. The second-order valence-electron chi connectivity index (χ2n) is 11.5. The zero-order chi connectivity index (χ0) is 30.5. The Labute approximate surface area is 258 Å². The molecule has 5 aromatic heterocycles. The van der Waals surface area contributed by atoms with E-state index in [1.807, 2.05) is 46.1 Å². The van der Waals surface area contributed by atoms with E-state index in [9.17, 15) is 4.79 Å². The highest BCUT2D eigenvalue weighted by molar-refractivity contribution is 5.87. The Morgan fingerprint density at radius 3 is 2.71 bits per heavy atom. The van der Waals surface area contributed by atoms with Gasteiger partial charge in [-0.3, -0.25) is 9.36 Å². The Morgan fingerprint density at radius 1 is 1.02 bits per heavy atom. The van der Waals surface area contributed by atoms with Crippen LogP contribution in [0.4, 0.5) is 5.82 Å². The van der Waals surface area contributed by atoms with Gasteiger partial charge in [-0.05, 0) is 85.4 Å². The Kier molecular flexibility index (Phi) is 6.47. The lowest BCUT2D eigenvalue weighted by atomic mass is 9.94. The molecule has 224 valence electrons. The highest BCUT2D eigenvalue weighted by Gasteiger charge is 2.29. The molecule has 0 saturated carbocycles. The molecule has 1 amide bonds. The molecule has 8 rings (SSSR count). The number of amides is 1. The standard InChI is InChI=1S/C33H31N11O/c1-2-30(45)41-17-12-21(13-18-41)27-20-43(40-39-27)28-10-6-22-19-23(7-8-24(22)28)44-32(25-5-3-14-35-31(25)34)37-26-9-11-29(38-33(26)44)42-16-4-15-36-42/h2-5,7-9,11,14-16,19-21,28H,1,6,10,12-13,17-18H2,(H2,34,35). The second kappa shape index (κ2) is 10.8. The molecule has 0 bridgehead atoms. The van der Waals surface area contributed by atoms with Gasteiger partial charge in [-0.1, -0.05) is 17.9 Å². The fraction of sp³-hybridized carbons (Fsp3) is 0.242. The third kappa shape index (κ3) is 4.65. The van der Waals surface area contributed by atoms with Crippen LogP contribution in [-0.2, 0) is 11.2 Å². The monoisotopic (exact) mass is 597 g/mol. The van der Waals surface area contributed by atoms with E-state index in [1.54, 1.807) is 17.1 Å². The molecule has 45 heavy (non-hydrogen) atoms. The lowest BCUT2D eigenvalue weighted by molar-refractivity contribution is -0.127. The van der Waals surface area contributed by atoms with Gasteiger partial charge in [-0.2, -0.15) is 5.10 Å². The van der Waals surface area contributed by atoms with E-state index in [0.29, 0.717) is 42.1 Å². The van der Waals surface area contributed by atoms with Crippen molar-refractivity contribution in [2.24, 2.45) is 0 Å². The molecule has 1 unspecified atom stereocenters. The summed E-state index contributed by atoms with van der Waals surface area (Å²) in [6.45, 7) is 5.04. The molecule has 1 fully saturated rings. The summed E-state index contributed by atoms with van der Waals surface area (Å²) >= 11 is 0. The summed E-state index contributed by atoms with van der Waals surface area (Å²) in [5.74, 6) is 2.07. The number of hydrogen-bond donors (Lipinski definition) is 1. The summed E-state index contributed by atoms with van der Waals surface area (Å²) < 4.78 is 5.80. The van der Waals surface area contributed by atoms with Crippen LogP contribution in [0.25, 0.3) is 34.1 Å². The van der Waals surface area contributed by atoms with Crippen LogP contribution in [0.1, 0.15) is 48.0 Å². The number of rotatable bonds is 6. The number of anilines is 1. The van der Waals surface area contributed by atoms with Crippen molar-refractivity contribution in [1.29, 1.82) is 0 Å². The third-order valence-corrected chi connectivity index (χ3v) is 8.99. The van der Waals surface area contributed by atoms with E-state index in [2.05, 4.69) is 55.9 Å². The van der Waals surface area contributed by atoms with Gasteiger partial charge in [0.2, 0.25) is 5.91 Å². The van der Waals surface area contributed by atoms with Gasteiger partial charge in [0.15, 0.2) is 17.3 Å². The molecule has 1 atom stereocenters. The van der Waals surface area contributed by atoms with Gasteiger partial charge >= 0.3 is 0 Å². The van der Waals surface area contributed by atoms with Crippen molar-refractivity contribution >= 4 is 22.9 Å². The molecule has 12 nitrogen and oxygen atoms in total. The largest absolute Gasteiger partial charge is 0.383 e. The third-order valence-electron chi connectivity index (χ3n) is 8.99. The molecule has 2 N–H and O–H groups in total. The number of aryl methyl sites for hydroxylation is 1. The van der Waals surface area contributed by atoms with E-state index in [0.717, 1.165) is 48.1 Å². The normalized spacial score (nSPS) is 16.7. The van der Waals surface area contributed by atoms with E-state index in [-0.39, 0.29) is 11.9 Å². The first-order valence-electron chi connectivity index (χ1n) is 15.1. The van der Waals surface area contributed by atoms with Crippen molar-refractivity contribution in [2.75, 3.05) is 18.8 Å². The average molecular weight is 598 g/mol. The van der Waals surface area contributed by atoms with Crippen molar-refractivity contribution in [3.05, 3.63) is 103 Å². The van der Waals surface area contributed by atoms with Crippen molar-refractivity contribution < 1.29 is 4.79 Å². The highest BCUT2D eigenvalue weighted by atomic mass is 16.2. The first-order valence-corrected chi connectivity index (χ1v) is 15.1. The molecule has 0 spiro atoms. The SMILES string of the molecule is C=CC(=O)N1CCC(c2cn(C3CCc4cc(-n5c(-c6cccnc6N)nc6ccc(-n7cccn7)nc65)ccc43)nn2)CC1. The van der Waals surface area contributed by atoms with E-state index in [1.165, 1.54) is 17.2 Å². The molecule has 2 aliphatic rings. The first kappa shape index (κ1) is 26.9. The van der Waals surface area contributed by atoms with Crippen LogP contribution >= 0.6 is 0 Å². The van der Waals surface area contributed by atoms with Gasteiger partial charge in [0.25, 0.3) is 0 Å². The van der Waals surface area contributed by atoms with Crippen molar-refractivity contribution in [2.45, 2.75) is 37.6 Å². The molecule has 1 aliphatic heterocycles. The van der Waals surface area contributed by atoms with Crippen LogP contribution in [0.5, 0.6) is 0 Å². The molecule has 6 aromatic rings. The number of likely N-dealkylation sites (tertiary alicyclic amines) is 1. The van der Waals surface area contributed by atoms with Gasteiger partial charge < -0.3 is 10.6 Å². The van der Waals surface area contributed by atoms with Gasteiger partial charge in [-0.25, -0.2) is 24.3 Å². The maximum Gasteiger partial charge on any atom is 0.245 e. The smallest absolute Gasteiger partial charge is 0.245 e. The number of pyridine rings is 2. The number of carbonyl (C=O) groups excluding carboxylic acids is 1. The van der Waals surface area contributed by atoms with Crippen LogP contribution < -0.4 is 5.73 Å². The molecule has 0 radical (unpaired) electrons. The Balaban J connectivity index is 1.14. The molecule has 6 heterocycles. The van der Waals surface area contributed by atoms with E-state index in [4.69, 9.17) is 15.7 Å². The van der Waals surface area contributed by atoms with Crippen molar-refractivity contribution in [3.63, 3.8) is 0 Å². The molecular weight excluding hydrogens is 566 g/mol. The number of imidazole rings is 1. The van der Waals surface area contributed by atoms with E-state index >= 15 is 0 Å². The molecule has 1 aromatic carbocycles. The lowest BCUT2D eigenvalue weighted by Gasteiger charge is -2.30. The van der Waals surface area contributed by atoms with Gasteiger partial charge in [-0.15, -0.1) is 5.10 Å². The number of piperidine rings is 1. The zero-order valence-corrected chi connectivity index (χ0v) is 24.6. The fourth-order valence-electron chi connectivity index (χ4n) is 6.66. The zero-order valence-electron chi connectivity index (χ0n) is 24.6. The number of nitrogen functional groups attached to an aromatic ring is 1. The molecule has 12 heteroatoms. The van der Waals surface area contributed by atoms with Crippen molar-refractivity contribution in [3.8, 4) is 22.9 Å². The number of carbonyl (C=O) groups is 1. The number of benzene rings is 1. The second-order valence-corrected chi connectivity index (χ2v) is 11.5. The van der Waals surface area contributed by atoms with Crippen LogP contribution in [0.3, 0.4) is 0 Å². The molecule has 1 aliphatic carbocycles. The Bertz CT molecular complexity index is 2050. The number of nitrogens with two attached hydrogens (primary N) is 1. The average Bonchev–Trinajstić information content (AvgIpc) is 3.90. The lowest BCUT2D eigenvalue weighted by Crippen LogP contribution is -2.36. The molecule has 1 saturated heterocycles. The number of fused-ring (bicyclic) bond motifs is 2. The Hall–Kier alpha value is -5.65. The predicted molar refractivity (Wildman–Crippen MR) is 169 cm³/mol. The summed E-state index contributed by atoms with van der Waals surface area (Å²) in [7, 11) is 0. The fourth-order valence-corrected chi connectivity index (χ4v) is 6.66. The summed E-state index contributed by atoms with van der Waals surface area (Å²) in [6, 6.07) is 16.2. The number of hydrogen-bond acceptors (Lipinski definition) is 8. The summed E-state index contributed by atoms with van der Waals surface area (Å²) in [4.78, 5) is 28.1. The van der Waals surface area contributed by atoms with Gasteiger partial charge in [0, 0.05) is 49.5 Å². The van der Waals surface area contributed by atoms with Crippen LogP contribution in [0.15, 0.2) is 86.0 Å². The summed E-state index contributed by atoms with van der Waals surface area (Å²) in [5, 5.41) is 13.5. The van der Waals surface area contributed by atoms with E-state index < -0.39 is 0 Å². The minimum Gasteiger partial charge on any atom is -0.383 e. The summed E-state index contributed by atoms with van der Waals surface area (Å²) in [6.07, 6.45) is 12.4. The minimum atomic E-state index is -0.00659. The highest BCUT2D eigenvalue weighted by Crippen LogP contribution is 2.38. The maximum absolute atomic E-state index is 12.0. The van der Waals surface area contributed by atoms with Gasteiger partial charge in [0.05, 0.1) is 17.3 Å².